The summed E-state index contributed by atoms with van der Waals surface area (Å²) in [5.74, 6) is -2.30. The van der Waals surface area contributed by atoms with Crippen LogP contribution in [0.5, 0.6) is 0 Å². The zero-order chi connectivity index (χ0) is 16.9. The molecule has 24 heavy (non-hydrogen) atoms. The van der Waals surface area contributed by atoms with E-state index in [9.17, 15) is 8.78 Å². The van der Waals surface area contributed by atoms with Crippen LogP contribution in [-0.2, 0) is 0 Å². The molecule has 1 aliphatic carbocycles. The first-order chi connectivity index (χ1) is 11.4. The van der Waals surface area contributed by atoms with Gasteiger partial charge in [-0.25, -0.2) is 18.3 Å². The Bertz CT molecular complexity index is 884. The minimum atomic E-state index is -2.61. The van der Waals surface area contributed by atoms with Gasteiger partial charge in [0, 0.05) is 24.3 Å². The van der Waals surface area contributed by atoms with Gasteiger partial charge in [-0.2, -0.15) is 4.98 Å². The highest BCUT2D eigenvalue weighted by Crippen LogP contribution is 2.48. The lowest BCUT2D eigenvalue weighted by Crippen LogP contribution is -2.33. The average molecular weight is 396 g/mol. The van der Waals surface area contributed by atoms with Crippen molar-refractivity contribution in [3.8, 4) is 17.1 Å². The largest absolute Gasteiger partial charge is 0.339 e. The molecule has 5 nitrogen and oxygen atoms in total. The van der Waals surface area contributed by atoms with Gasteiger partial charge in [-0.05, 0) is 34.5 Å². The molecule has 2 aromatic heterocycles. The van der Waals surface area contributed by atoms with Gasteiger partial charge in [0.2, 0.25) is 24.0 Å². The molecule has 8 heteroatoms. The van der Waals surface area contributed by atoms with Gasteiger partial charge in [-0.1, -0.05) is 11.2 Å². The van der Waals surface area contributed by atoms with Crippen LogP contribution in [0.15, 0.2) is 39.8 Å². The molecule has 0 radical (unpaired) electrons. The molecule has 1 saturated carbocycles. The minimum absolute atomic E-state index is 0.228. The molecule has 1 fully saturated rings. The molecule has 1 N–H and O–H groups in total. The quantitative estimate of drug-likeness (QED) is 0.683. The van der Waals surface area contributed by atoms with E-state index in [-0.39, 0.29) is 24.7 Å². The van der Waals surface area contributed by atoms with E-state index < -0.39 is 5.92 Å². The molecule has 0 amide bonds. The summed E-state index contributed by atoms with van der Waals surface area (Å²) in [5, 5.41) is 3.97. The van der Waals surface area contributed by atoms with Gasteiger partial charge in [0.1, 0.15) is 18.1 Å². The van der Waals surface area contributed by atoms with Gasteiger partial charge in [-0.15, -0.1) is 0 Å². The third kappa shape index (κ3) is 2.54. The maximum atomic E-state index is 13.0. The Kier molecular flexibility index (Phi) is 3.52. The maximum absolute atomic E-state index is 13.0. The summed E-state index contributed by atoms with van der Waals surface area (Å²) in [5.41, 5.74) is 2.78. The number of H-pyrrole nitrogens is 1. The standard InChI is InChI=1S/C16H13BrF2N4O/c1-9-2-3-11(12(17)13(9)23-5-4-20-8-23)14-21-15(24-22-14)10-6-16(18,19)7-10/h2-5,8,10H,6-7H2,1H3/p+1. The predicted molar refractivity (Wildman–Crippen MR) is 85.0 cm³/mol. The first-order valence-corrected chi connectivity index (χ1v) is 8.29. The maximum Gasteiger partial charge on any atom is 0.249 e. The molecule has 3 aromatic rings. The van der Waals surface area contributed by atoms with Gasteiger partial charge in [-0.3, -0.25) is 0 Å². The molecule has 1 aromatic carbocycles. The second-order valence-corrected chi connectivity index (χ2v) is 6.82. The summed E-state index contributed by atoms with van der Waals surface area (Å²) in [6.45, 7) is 2.00. The first kappa shape index (κ1) is 15.4. The number of imidazole rings is 1. The van der Waals surface area contributed by atoms with Crippen LogP contribution in [0.25, 0.3) is 17.1 Å². The van der Waals surface area contributed by atoms with E-state index in [1.165, 1.54) is 0 Å². The molecule has 124 valence electrons. The summed E-state index contributed by atoms with van der Waals surface area (Å²) < 4.78 is 34.0. The van der Waals surface area contributed by atoms with Crippen LogP contribution in [0.1, 0.15) is 30.2 Å². The van der Waals surface area contributed by atoms with Crippen molar-refractivity contribution < 1.29 is 17.9 Å². The molecule has 0 aliphatic heterocycles. The molecule has 0 bridgehead atoms. The smallest absolute Gasteiger partial charge is 0.249 e. The Labute approximate surface area is 144 Å². The van der Waals surface area contributed by atoms with Crippen molar-refractivity contribution >= 4 is 15.9 Å². The summed E-state index contributed by atoms with van der Waals surface area (Å²) in [6.07, 6.45) is 5.09. The van der Waals surface area contributed by atoms with E-state index in [1.54, 1.807) is 0 Å². The van der Waals surface area contributed by atoms with E-state index in [4.69, 9.17) is 4.52 Å². The lowest BCUT2D eigenvalue weighted by atomic mass is 9.81. The van der Waals surface area contributed by atoms with E-state index in [0.717, 1.165) is 21.3 Å². The zero-order valence-electron chi connectivity index (χ0n) is 12.8. The summed E-state index contributed by atoms with van der Waals surface area (Å²) in [4.78, 5) is 7.33. The van der Waals surface area contributed by atoms with Crippen molar-refractivity contribution in [2.45, 2.75) is 31.6 Å². The fraction of sp³-hybridized carbons (Fsp3) is 0.312. The third-order valence-electron chi connectivity index (χ3n) is 4.24. The molecule has 4 rings (SSSR count). The fourth-order valence-corrected chi connectivity index (χ4v) is 3.75. The summed E-state index contributed by atoms with van der Waals surface area (Å²) in [7, 11) is 0. The highest BCUT2D eigenvalue weighted by molar-refractivity contribution is 9.10. The number of benzene rings is 1. The van der Waals surface area contributed by atoms with Crippen LogP contribution >= 0.6 is 15.9 Å². The van der Waals surface area contributed by atoms with Crippen molar-refractivity contribution in [1.82, 2.24) is 15.1 Å². The van der Waals surface area contributed by atoms with Crippen LogP contribution < -0.4 is 4.57 Å². The third-order valence-corrected chi connectivity index (χ3v) is 5.05. The number of nitrogens with zero attached hydrogens (tertiary/aromatic N) is 3. The lowest BCUT2D eigenvalue weighted by Gasteiger charge is -2.31. The van der Waals surface area contributed by atoms with E-state index >= 15 is 0 Å². The second-order valence-electron chi connectivity index (χ2n) is 6.03. The molecular formula is C16H14BrF2N4O+. The van der Waals surface area contributed by atoms with Crippen molar-refractivity contribution in [2.75, 3.05) is 0 Å². The highest BCUT2D eigenvalue weighted by atomic mass is 79.9. The molecule has 0 saturated heterocycles. The summed E-state index contributed by atoms with van der Waals surface area (Å²) in [6, 6.07) is 3.85. The Morgan fingerprint density at radius 1 is 1.38 bits per heavy atom. The molecule has 0 unspecified atom stereocenters. The van der Waals surface area contributed by atoms with E-state index in [2.05, 4.69) is 31.1 Å². The van der Waals surface area contributed by atoms with Crippen molar-refractivity contribution in [3.63, 3.8) is 0 Å². The number of aromatic nitrogens is 4. The van der Waals surface area contributed by atoms with Crippen molar-refractivity contribution in [1.29, 1.82) is 0 Å². The van der Waals surface area contributed by atoms with E-state index in [0.29, 0.717) is 5.82 Å². The van der Waals surface area contributed by atoms with Gasteiger partial charge in [0.25, 0.3) is 0 Å². The Morgan fingerprint density at radius 3 is 2.83 bits per heavy atom. The van der Waals surface area contributed by atoms with E-state index in [1.807, 2.05) is 42.3 Å². The Morgan fingerprint density at radius 2 is 2.17 bits per heavy atom. The molecule has 1 aliphatic rings. The van der Waals surface area contributed by atoms with Crippen LogP contribution in [0.3, 0.4) is 0 Å². The Hall–Kier alpha value is -2.09. The number of halogens is 3. The number of aromatic amines is 1. The van der Waals surface area contributed by atoms with Crippen LogP contribution in [-0.4, -0.2) is 21.0 Å². The number of rotatable bonds is 3. The van der Waals surface area contributed by atoms with Crippen LogP contribution in [0.4, 0.5) is 8.78 Å². The van der Waals surface area contributed by atoms with Crippen molar-refractivity contribution in [3.05, 3.63) is 46.8 Å². The first-order valence-electron chi connectivity index (χ1n) is 7.50. The van der Waals surface area contributed by atoms with Crippen molar-refractivity contribution in [2.24, 2.45) is 0 Å². The number of aryl methyl sites for hydroxylation is 1. The molecule has 0 spiro atoms. The number of hydrogen-bond donors (Lipinski definition) is 1. The predicted octanol–water partition coefficient (Wildman–Crippen LogP) is 3.93. The van der Waals surface area contributed by atoms with Gasteiger partial charge in [0.15, 0.2) is 0 Å². The molecule has 0 atom stereocenters. The number of nitrogens with one attached hydrogen (secondary N) is 1. The topological polar surface area (TPSA) is 58.6 Å². The van der Waals surface area contributed by atoms with Gasteiger partial charge >= 0.3 is 0 Å². The monoisotopic (exact) mass is 395 g/mol. The Balaban J connectivity index is 1.71. The fourth-order valence-electron chi connectivity index (χ4n) is 2.93. The average Bonchev–Trinajstić information content (AvgIpc) is 3.16. The number of hydrogen-bond acceptors (Lipinski definition) is 3. The van der Waals surface area contributed by atoms with Crippen LogP contribution in [0, 0.1) is 6.92 Å². The SMILES string of the molecule is Cc1ccc(-c2noc(C3CC(F)(F)C3)n2)c(Br)c1-[n+]1cc[nH]c1. The lowest BCUT2D eigenvalue weighted by molar-refractivity contribution is -0.595. The van der Waals surface area contributed by atoms with Gasteiger partial charge < -0.3 is 4.52 Å². The van der Waals surface area contributed by atoms with Gasteiger partial charge in [0.05, 0.1) is 4.47 Å². The normalized spacial score (nSPS) is 17.0. The molecule has 2 heterocycles. The highest BCUT2D eigenvalue weighted by Gasteiger charge is 2.48. The summed E-state index contributed by atoms with van der Waals surface area (Å²) >= 11 is 3.61. The minimum Gasteiger partial charge on any atom is -0.339 e. The molecular weight excluding hydrogens is 382 g/mol. The zero-order valence-corrected chi connectivity index (χ0v) is 14.3. The van der Waals surface area contributed by atoms with Crippen LogP contribution in [0.2, 0.25) is 0 Å². The second kappa shape index (κ2) is 5.47. The number of alkyl halides is 2.